The summed E-state index contributed by atoms with van der Waals surface area (Å²) in [6, 6.07) is 0. The zero-order chi connectivity index (χ0) is 19.7. The van der Waals surface area contributed by atoms with Crippen LogP contribution in [0.3, 0.4) is 0 Å². The number of ether oxygens (including phenoxy) is 1. The standard InChI is InChI=1S/C11H23O.C4H6O7S.K/c1-3-5-6-7-8-9-11-12-10-4-2;5-3(6)1-2(4(7)8)12(9,10)11;/h2-11H2,1H3;2H,1H2,(H,5,6)(H,7,8)(H,9,10,11);. The van der Waals surface area contributed by atoms with Crippen molar-refractivity contribution in [3.63, 3.8) is 0 Å². The minimum Gasteiger partial charge on any atom is -0.481 e. The van der Waals surface area contributed by atoms with Crippen LogP contribution in [-0.4, -0.2) is 103 Å². The van der Waals surface area contributed by atoms with E-state index in [4.69, 9.17) is 19.5 Å². The molecule has 144 valence electrons. The molecule has 25 heavy (non-hydrogen) atoms. The minimum atomic E-state index is -4.84. The number of carboxylic acids is 2. The molecule has 0 aromatic heterocycles. The van der Waals surface area contributed by atoms with Gasteiger partial charge in [0.15, 0.2) is 5.25 Å². The fourth-order valence-electron chi connectivity index (χ4n) is 1.81. The van der Waals surface area contributed by atoms with E-state index in [0.29, 0.717) is 0 Å². The molecule has 0 aromatic carbocycles. The molecule has 8 nitrogen and oxygen atoms in total. The van der Waals surface area contributed by atoms with Crippen molar-refractivity contribution in [2.24, 2.45) is 0 Å². The van der Waals surface area contributed by atoms with Gasteiger partial charge in [-0.1, -0.05) is 0 Å². The molecule has 0 amide bonds. The second-order valence-electron chi connectivity index (χ2n) is 5.67. The Morgan fingerprint density at radius 2 is 1.52 bits per heavy atom. The van der Waals surface area contributed by atoms with Crippen molar-refractivity contribution in [1.82, 2.24) is 0 Å². The first-order valence-electron chi connectivity index (χ1n) is 8.65. The summed E-state index contributed by atoms with van der Waals surface area (Å²) >= 11 is 1.02. The molecule has 0 aliphatic heterocycles. The molecule has 0 saturated heterocycles. The summed E-state index contributed by atoms with van der Waals surface area (Å²) in [5.74, 6) is -3.50. The summed E-state index contributed by atoms with van der Waals surface area (Å²) in [5.41, 5.74) is 0. The maximum atomic E-state index is 10.2. The van der Waals surface area contributed by atoms with Gasteiger partial charge in [-0.3, -0.25) is 14.1 Å². The van der Waals surface area contributed by atoms with Gasteiger partial charge in [0, 0.05) is 0 Å². The van der Waals surface area contributed by atoms with E-state index in [1.54, 1.807) is 0 Å². The zero-order valence-corrected chi connectivity index (χ0v) is 19.1. The van der Waals surface area contributed by atoms with Crippen LogP contribution in [0.4, 0.5) is 0 Å². The molecule has 1 unspecified atom stereocenters. The molecule has 0 aliphatic carbocycles. The Balaban J connectivity index is 0. The molecule has 0 heterocycles. The zero-order valence-electron chi connectivity index (χ0n) is 15.1. The molecule has 3 N–H and O–H groups in total. The van der Waals surface area contributed by atoms with Gasteiger partial charge in [0.1, 0.15) is 0 Å². The third-order valence-electron chi connectivity index (χ3n) is 3.28. The van der Waals surface area contributed by atoms with Crippen molar-refractivity contribution >= 4 is 71.0 Å². The summed E-state index contributed by atoms with van der Waals surface area (Å²) in [6.45, 7) is 4.27. The van der Waals surface area contributed by atoms with Crippen LogP contribution in [0, 0.1) is 0 Å². The number of hydrogen-bond acceptors (Lipinski definition) is 5. The number of carboxylic acid groups (broad SMARTS) is 2. The number of aliphatic carboxylic acids is 2. The maximum absolute atomic E-state index is 10.2. The molecule has 0 radical (unpaired) electrons. The average Bonchev–Trinajstić information content (AvgIpc) is 2.50. The third-order valence-corrected chi connectivity index (χ3v) is 5.47. The van der Waals surface area contributed by atoms with Crippen LogP contribution >= 0.6 is 0 Å². The van der Waals surface area contributed by atoms with Crippen molar-refractivity contribution in [3.05, 3.63) is 0 Å². The second-order valence-corrected chi connectivity index (χ2v) is 8.83. The van der Waals surface area contributed by atoms with Crippen LogP contribution in [0.2, 0.25) is 0.515 Å². The van der Waals surface area contributed by atoms with Gasteiger partial charge < -0.3 is 10.2 Å². The Hall–Kier alpha value is 0.446. The molecule has 0 spiro atoms. The van der Waals surface area contributed by atoms with Crippen molar-refractivity contribution in [1.29, 1.82) is 0 Å². The molecule has 0 aromatic rings. The van der Waals surface area contributed by atoms with Gasteiger partial charge in [-0.25, -0.2) is 0 Å². The third kappa shape index (κ3) is 20.6. The van der Waals surface area contributed by atoms with E-state index < -0.39 is 33.7 Å². The first-order chi connectivity index (χ1) is 11.7. The van der Waals surface area contributed by atoms with Crippen LogP contribution in [0.15, 0.2) is 0 Å². The predicted molar refractivity (Wildman–Crippen MR) is 94.6 cm³/mol. The molecule has 0 saturated carbocycles. The SMILES string of the molecule is CCCCCCCCOCC[CH2][K].O=C(O)CC(C(=O)O)S(=O)(=O)O. The molecule has 1 atom stereocenters. The predicted octanol–water partition coefficient (Wildman–Crippen LogP) is 2.14. The number of hydrogen-bond donors (Lipinski definition) is 3. The molecule has 0 fully saturated rings. The van der Waals surface area contributed by atoms with Gasteiger partial charge in [0.2, 0.25) is 0 Å². The summed E-state index contributed by atoms with van der Waals surface area (Å²) in [6.07, 6.45) is 8.35. The monoisotopic (exact) mass is 408 g/mol. The number of rotatable bonds is 14. The van der Waals surface area contributed by atoms with E-state index in [2.05, 4.69) is 6.92 Å². The van der Waals surface area contributed by atoms with Gasteiger partial charge in [-0.15, -0.1) is 0 Å². The number of unbranched alkanes of at least 4 members (excludes halogenated alkanes) is 5. The topological polar surface area (TPSA) is 138 Å². The van der Waals surface area contributed by atoms with Crippen molar-refractivity contribution in [3.8, 4) is 0 Å². The average molecular weight is 409 g/mol. The first kappa shape index (κ1) is 27.7. The van der Waals surface area contributed by atoms with E-state index in [1.807, 2.05) is 0 Å². The fraction of sp³-hybridized carbons (Fsp3) is 0.867. The molecular formula is C15H29KO8S. The van der Waals surface area contributed by atoms with Crippen LogP contribution in [0.5, 0.6) is 0 Å². The van der Waals surface area contributed by atoms with E-state index >= 15 is 0 Å². The van der Waals surface area contributed by atoms with E-state index in [0.717, 1.165) is 62.2 Å². The van der Waals surface area contributed by atoms with Crippen LogP contribution in [-0.2, 0) is 24.4 Å². The van der Waals surface area contributed by atoms with Crippen LogP contribution in [0.1, 0.15) is 58.3 Å². The minimum absolute atomic E-state index is 0.999. The van der Waals surface area contributed by atoms with E-state index in [9.17, 15) is 18.0 Å². The van der Waals surface area contributed by atoms with Crippen molar-refractivity contribution < 1.29 is 37.5 Å². The Kier molecular flexibility index (Phi) is 19.7. The van der Waals surface area contributed by atoms with Crippen molar-refractivity contribution in [2.75, 3.05) is 13.2 Å². The quantitative estimate of drug-likeness (QED) is 0.226. The van der Waals surface area contributed by atoms with Crippen LogP contribution < -0.4 is 0 Å². The Morgan fingerprint density at radius 3 is 1.92 bits per heavy atom. The molecule has 0 rings (SSSR count). The van der Waals surface area contributed by atoms with E-state index in [1.165, 1.54) is 45.5 Å². The Bertz CT molecular complexity index is 442. The Labute approximate surface area is 184 Å². The van der Waals surface area contributed by atoms with Gasteiger partial charge in [-0.05, 0) is 0 Å². The summed E-state index contributed by atoms with van der Waals surface area (Å²) in [4.78, 5) is 20.0. The Morgan fingerprint density at radius 1 is 1.00 bits per heavy atom. The maximum Gasteiger partial charge on any atom is 0.325 e. The molecule has 10 heteroatoms. The van der Waals surface area contributed by atoms with Crippen LogP contribution in [0.25, 0.3) is 0 Å². The summed E-state index contributed by atoms with van der Waals surface area (Å²) in [7, 11) is -4.84. The van der Waals surface area contributed by atoms with E-state index in [-0.39, 0.29) is 0 Å². The molecular weight excluding hydrogens is 379 g/mol. The second kappa shape index (κ2) is 17.8. The first-order valence-corrected chi connectivity index (χ1v) is 12.4. The van der Waals surface area contributed by atoms with Gasteiger partial charge in [0.05, 0.1) is 6.42 Å². The van der Waals surface area contributed by atoms with Crippen molar-refractivity contribution in [2.45, 2.75) is 64.1 Å². The summed E-state index contributed by atoms with van der Waals surface area (Å²) in [5, 5.41) is 13.9. The van der Waals surface area contributed by atoms with Gasteiger partial charge >= 0.3 is 131 Å². The molecule has 0 bridgehead atoms. The smallest absolute Gasteiger partial charge is 0.325 e. The fourth-order valence-corrected chi connectivity index (χ4v) is 2.87. The van der Waals surface area contributed by atoms with Gasteiger partial charge in [-0.2, -0.15) is 8.42 Å². The summed E-state index contributed by atoms with van der Waals surface area (Å²) < 4.78 is 35.6. The van der Waals surface area contributed by atoms with Gasteiger partial charge in [0.25, 0.3) is 10.1 Å². The molecule has 0 aliphatic rings. The normalized spacial score (nSPS) is 12.2. The number of carbonyl (C=O) groups is 2. The largest absolute Gasteiger partial charge is 0.481 e.